The van der Waals surface area contributed by atoms with Gasteiger partial charge in [0.05, 0.1) is 20.8 Å². The monoisotopic (exact) mass is 491 g/mol. The number of rotatable bonds is 8. The Kier molecular flexibility index (Phi) is 6.96. The van der Waals surface area contributed by atoms with Crippen molar-refractivity contribution >= 4 is 17.7 Å². The summed E-state index contributed by atoms with van der Waals surface area (Å²) in [6.07, 6.45) is 0. The molecule has 0 unspecified atom stereocenters. The molecule has 1 aliphatic heterocycles. The van der Waals surface area contributed by atoms with Crippen molar-refractivity contribution in [3.8, 4) is 11.5 Å². The summed E-state index contributed by atoms with van der Waals surface area (Å²) >= 11 is 0. The van der Waals surface area contributed by atoms with Crippen molar-refractivity contribution in [1.82, 2.24) is 25.3 Å². The number of amides is 3. The van der Waals surface area contributed by atoms with E-state index >= 15 is 0 Å². The van der Waals surface area contributed by atoms with E-state index in [2.05, 4.69) is 15.7 Å². The van der Waals surface area contributed by atoms with Crippen LogP contribution in [0.15, 0.2) is 54.6 Å². The second-order valence-corrected chi connectivity index (χ2v) is 8.74. The number of ether oxygens (including phenoxy) is 2. The maximum Gasteiger partial charge on any atom is 0.272 e. The number of fused-ring (bicyclic) bond motifs is 1. The van der Waals surface area contributed by atoms with Gasteiger partial charge in [-0.05, 0) is 24.6 Å². The van der Waals surface area contributed by atoms with Gasteiger partial charge in [-0.2, -0.15) is 5.10 Å². The molecule has 0 saturated carbocycles. The molecule has 0 fully saturated rings. The Bertz CT molecular complexity index is 1290. The Labute approximate surface area is 209 Å². The number of nitrogens with zero attached hydrogens (tertiary/aromatic N) is 3. The van der Waals surface area contributed by atoms with Gasteiger partial charge in [0.1, 0.15) is 22.7 Å². The molecule has 0 saturated heterocycles. The molecule has 3 aromatic rings. The SMILES string of the molecule is COc1ccc(CNC(=O)c2cc3n(n2)C[C@](C)(C(=O)NCc2ccccc2)N(C)C3=O)c(OC)c1. The smallest absolute Gasteiger partial charge is 0.272 e. The minimum Gasteiger partial charge on any atom is -0.497 e. The van der Waals surface area contributed by atoms with Crippen molar-refractivity contribution in [2.24, 2.45) is 0 Å². The number of hydrogen-bond donors (Lipinski definition) is 2. The van der Waals surface area contributed by atoms with E-state index in [9.17, 15) is 14.4 Å². The molecular formula is C26H29N5O5. The van der Waals surface area contributed by atoms with Crippen molar-refractivity contribution < 1.29 is 23.9 Å². The van der Waals surface area contributed by atoms with E-state index in [0.717, 1.165) is 11.1 Å². The van der Waals surface area contributed by atoms with Crippen LogP contribution in [0.4, 0.5) is 0 Å². The van der Waals surface area contributed by atoms with Crippen LogP contribution in [0.25, 0.3) is 0 Å². The van der Waals surface area contributed by atoms with E-state index in [1.165, 1.54) is 15.6 Å². The molecule has 1 atom stereocenters. The Morgan fingerprint density at radius 3 is 2.47 bits per heavy atom. The Morgan fingerprint density at radius 1 is 1.03 bits per heavy atom. The molecule has 10 nitrogen and oxygen atoms in total. The van der Waals surface area contributed by atoms with Crippen molar-refractivity contribution in [3.63, 3.8) is 0 Å². The van der Waals surface area contributed by atoms with E-state index < -0.39 is 11.4 Å². The Balaban J connectivity index is 1.47. The van der Waals surface area contributed by atoms with E-state index in [4.69, 9.17) is 9.47 Å². The molecule has 188 valence electrons. The lowest BCUT2D eigenvalue weighted by atomic mass is 9.96. The highest BCUT2D eigenvalue weighted by atomic mass is 16.5. The predicted molar refractivity (Wildman–Crippen MR) is 132 cm³/mol. The van der Waals surface area contributed by atoms with Crippen LogP contribution < -0.4 is 20.1 Å². The maximum absolute atomic E-state index is 13.1. The highest BCUT2D eigenvalue weighted by molar-refractivity contribution is 6.01. The summed E-state index contributed by atoms with van der Waals surface area (Å²) in [7, 11) is 4.68. The number of aromatic nitrogens is 2. The number of methoxy groups -OCH3 is 2. The minimum atomic E-state index is -1.17. The summed E-state index contributed by atoms with van der Waals surface area (Å²) in [4.78, 5) is 40.5. The number of nitrogens with one attached hydrogen (secondary N) is 2. The van der Waals surface area contributed by atoms with Gasteiger partial charge in [0.25, 0.3) is 11.8 Å². The highest BCUT2D eigenvalue weighted by Gasteiger charge is 2.46. The van der Waals surface area contributed by atoms with Crippen molar-refractivity contribution in [2.75, 3.05) is 21.3 Å². The fourth-order valence-electron chi connectivity index (χ4n) is 4.07. The lowest BCUT2D eigenvalue weighted by Crippen LogP contribution is -2.62. The number of carbonyl (C=O) groups is 3. The molecule has 10 heteroatoms. The molecule has 0 spiro atoms. The maximum atomic E-state index is 13.1. The summed E-state index contributed by atoms with van der Waals surface area (Å²) < 4.78 is 12.0. The molecule has 36 heavy (non-hydrogen) atoms. The first kappa shape index (κ1) is 24.8. The predicted octanol–water partition coefficient (Wildman–Crippen LogP) is 1.99. The van der Waals surface area contributed by atoms with Gasteiger partial charge in [-0.1, -0.05) is 30.3 Å². The van der Waals surface area contributed by atoms with Gasteiger partial charge >= 0.3 is 0 Å². The summed E-state index contributed by atoms with van der Waals surface area (Å²) in [5.41, 5.74) is 0.876. The van der Waals surface area contributed by atoms with Gasteiger partial charge in [0.2, 0.25) is 5.91 Å². The van der Waals surface area contributed by atoms with Crippen molar-refractivity contribution in [2.45, 2.75) is 32.1 Å². The van der Waals surface area contributed by atoms with Crippen LogP contribution in [0.2, 0.25) is 0 Å². The molecule has 4 rings (SSSR count). The molecule has 0 bridgehead atoms. The zero-order valence-corrected chi connectivity index (χ0v) is 20.7. The summed E-state index contributed by atoms with van der Waals surface area (Å²) in [5.74, 6) is 0.0819. The Morgan fingerprint density at radius 2 is 1.78 bits per heavy atom. The number of benzene rings is 2. The minimum absolute atomic E-state index is 0.0909. The van der Waals surface area contributed by atoms with E-state index in [1.54, 1.807) is 46.4 Å². The third kappa shape index (κ3) is 4.74. The molecule has 0 radical (unpaired) electrons. The van der Waals surface area contributed by atoms with Gasteiger partial charge in [-0.15, -0.1) is 0 Å². The molecule has 2 N–H and O–H groups in total. The molecular weight excluding hydrogens is 462 g/mol. The van der Waals surface area contributed by atoms with Gasteiger partial charge in [0.15, 0.2) is 5.69 Å². The number of carbonyl (C=O) groups excluding carboxylic acids is 3. The van der Waals surface area contributed by atoms with Crippen LogP contribution in [0.1, 0.15) is 39.0 Å². The van der Waals surface area contributed by atoms with E-state index in [0.29, 0.717) is 18.0 Å². The van der Waals surface area contributed by atoms with Crippen molar-refractivity contribution in [1.29, 1.82) is 0 Å². The molecule has 2 aromatic carbocycles. The van der Waals surface area contributed by atoms with Crippen LogP contribution in [0.5, 0.6) is 11.5 Å². The zero-order chi connectivity index (χ0) is 25.9. The van der Waals surface area contributed by atoms with Crippen LogP contribution in [0.3, 0.4) is 0 Å². The normalized spacial score (nSPS) is 16.8. The second kappa shape index (κ2) is 10.1. The molecule has 3 amide bonds. The van der Waals surface area contributed by atoms with E-state index in [-0.39, 0.29) is 36.3 Å². The number of hydrogen-bond acceptors (Lipinski definition) is 6. The molecule has 0 aliphatic carbocycles. The first-order chi connectivity index (χ1) is 17.3. The topological polar surface area (TPSA) is 115 Å². The largest absolute Gasteiger partial charge is 0.497 e. The average Bonchev–Trinajstić information content (AvgIpc) is 3.33. The lowest BCUT2D eigenvalue weighted by molar-refractivity contribution is -0.132. The van der Waals surface area contributed by atoms with Crippen LogP contribution in [-0.2, 0) is 24.4 Å². The standard InChI is InChI=1S/C26H29N5O5/c1-26(25(34)28-14-17-8-6-5-7-9-17)16-31-21(24(33)30(26)2)13-20(29-31)23(32)27-15-18-10-11-19(35-3)12-22(18)36-4/h5-13H,14-16H2,1-4H3,(H,27,32)(H,28,34)/t26-/m1/s1. The molecule has 1 aromatic heterocycles. The van der Waals surface area contributed by atoms with Gasteiger partial charge < -0.3 is 25.0 Å². The van der Waals surface area contributed by atoms with Crippen LogP contribution in [-0.4, -0.2) is 59.2 Å². The number of likely N-dealkylation sites (N-methyl/N-ethyl adjacent to an activating group) is 1. The first-order valence-electron chi connectivity index (χ1n) is 11.4. The fourth-order valence-corrected chi connectivity index (χ4v) is 4.07. The van der Waals surface area contributed by atoms with Crippen molar-refractivity contribution in [3.05, 3.63) is 77.1 Å². The molecule has 1 aliphatic rings. The van der Waals surface area contributed by atoms with Crippen LogP contribution >= 0.6 is 0 Å². The summed E-state index contributed by atoms with van der Waals surface area (Å²) in [6.45, 7) is 2.34. The molecule has 2 heterocycles. The van der Waals surface area contributed by atoms with Gasteiger partial charge in [-0.25, -0.2) is 0 Å². The highest BCUT2D eigenvalue weighted by Crippen LogP contribution is 2.27. The zero-order valence-electron chi connectivity index (χ0n) is 20.7. The summed E-state index contributed by atoms with van der Waals surface area (Å²) in [6, 6.07) is 16.3. The van der Waals surface area contributed by atoms with Crippen LogP contribution in [0, 0.1) is 0 Å². The first-order valence-corrected chi connectivity index (χ1v) is 11.4. The van der Waals surface area contributed by atoms with Gasteiger partial charge in [-0.3, -0.25) is 19.1 Å². The third-order valence-corrected chi connectivity index (χ3v) is 6.45. The average molecular weight is 492 g/mol. The van der Waals surface area contributed by atoms with E-state index in [1.807, 2.05) is 30.3 Å². The lowest BCUT2D eigenvalue weighted by Gasteiger charge is -2.40. The summed E-state index contributed by atoms with van der Waals surface area (Å²) in [5, 5.41) is 10.0. The van der Waals surface area contributed by atoms with Gasteiger partial charge in [0, 0.05) is 37.8 Å². The quantitative estimate of drug-likeness (QED) is 0.498. The second-order valence-electron chi connectivity index (χ2n) is 8.74. The fraction of sp³-hybridized carbons (Fsp3) is 0.308. The third-order valence-electron chi connectivity index (χ3n) is 6.45. The Hall–Kier alpha value is -4.34.